The van der Waals surface area contributed by atoms with Crippen LogP contribution in [0.25, 0.3) is 0 Å². The van der Waals surface area contributed by atoms with Gasteiger partial charge in [-0.3, -0.25) is 4.98 Å². The van der Waals surface area contributed by atoms with Gasteiger partial charge in [-0.1, -0.05) is 12.1 Å². The molecule has 17 heavy (non-hydrogen) atoms. The Morgan fingerprint density at radius 3 is 2.76 bits per heavy atom. The quantitative estimate of drug-likeness (QED) is 0.881. The monoisotopic (exact) mass is 234 g/mol. The second-order valence-corrected chi connectivity index (χ2v) is 3.70. The van der Waals surface area contributed by atoms with Crippen LogP contribution in [-0.4, -0.2) is 4.98 Å². The Morgan fingerprint density at radius 1 is 1.18 bits per heavy atom. The highest BCUT2D eigenvalue weighted by Crippen LogP contribution is 2.15. The van der Waals surface area contributed by atoms with Gasteiger partial charge in [0.05, 0.1) is 11.4 Å². The van der Waals surface area contributed by atoms with Crippen LogP contribution in [0, 0.1) is 18.6 Å². The highest BCUT2D eigenvalue weighted by atomic mass is 19.2. The maximum atomic E-state index is 13.4. The molecule has 0 spiro atoms. The smallest absolute Gasteiger partial charge is 0.163 e. The van der Waals surface area contributed by atoms with E-state index in [-0.39, 0.29) is 6.54 Å². The van der Waals surface area contributed by atoms with Gasteiger partial charge < -0.3 is 5.32 Å². The SMILES string of the molecule is Cc1ncccc1NCc1cccc(F)c1F. The van der Waals surface area contributed by atoms with Crippen LogP contribution < -0.4 is 5.32 Å². The predicted molar refractivity (Wildman–Crippen MR) is 62.7 cm³/mol. The zero-order chi connectivity index (χ0) is 12.3. The highest BCUT2D eigenvalue weighted by molar-refractivity contribution is 5.47. The molecule has 0 amide bonds. The number of nitrogens with zero attached hydrogens (tertiary/aromatic N) is 1. The third-order valence-corrected chi connectivity index (χ3v) is 2.51. The molecule has 1 N–H and O–H groups in total. The van der Waals surface area contributed by atoms with Gasteiger partial charge in [0.1, 0.15) is 0 Å². The summed E-state index contributed by atoms with van der Waals surface area (Å²) in [6, 6.07) is 7.79. The molecule has 2 rings (SSSR count). The second kappa shape index (κ2) is 4.91. The molecule has 0 radical (unpaired) electrons. The number of aryl methyl sites for hydroxylation is 1. The highest BCUT2D eigenvalue weighted by Gasteiger charge is 2.07. The normalized spacial score (nSPS) is 10.3. The van der Waals surface area contributed by atoms with Crippen molar-refractivity contribution in [2.75, 3.05) is 5.32 Å². The van der Waals surface area contributed by atoms with Crippen molar-refractivity contribution in [3.8, 4) is 0 Å². The third-order valence-electron chi connectivity index (χ3n) is 2.51. The van der Waals surface area contributed by atoms with Crippen molar-refractivity contribution >= 4 is 5.69 Å². The summed E-state index contributed by atoms with van der Waals surface area (Å²) in [5, 5.41) is 3.03. The minimum absolute atomic E-state index is 0.232. The van der Waals surface area contributed by atoms with Crippen LogP contribution in [0.4, 0.5) is 14.5 Å². The molecule has 0 fully saturated rings. The molecule has 1 aromatic carbocycles. The van der Waals surface area contributed by atoms with Crippen LogP contribution in [-0.2, 0) is 6.54 Å². The van der Waals surface area contributed by atoms with E-state index in [1.54, 1.807) is 18.3 Å². The van der Waals surface area contributed by atoms with Crippen molar-refractivity contribution in [1.29, 1.82) is 0 Å². The fraction of sp³-hybridized carbons (Fsp3) is 0.154. The van der Waals surface area contributed by atoms with Crippen LogP contribution in [0.15, 0.2) is 36.5 Å². The third kappa shape index (κ3) is 2.58. The van der Waals surface area contributed by atoms with Crippen LogP contribution in [0.1, 0.15) is 11.3 Å². The van der Waals surface area contributed by atoms with E-state index in [0.717, 1.165) is 17.4 Å². The molecule has 1 aromatic heterocycles. The zero-order valence-electron chi connectivity index (χ0n) is 9.37. The van der Waals surface area contributed by atoms with Gasteiger partial charge >= 0.3 is 0 Å². The molecule has 4 heteroatoms. The van der Waals surface area contributed by atoms with Crippen LogP contribution >= 0.6 is 0 Å². The Kier molecular flexibility index (Phi) is 3.32. The van der Waals surface area contributed by atoms with Gasteiger partial charge in [-0.15, -0.1) is 0 Å². The first-order chi connectivity index (χ1) is 8.18. The van der Waals surface area contributed by atoms with E-state index in [4.69, 9.17) is 0 Å². The number of rotatable bonds is 3. The molecule has 0 aliphatic heterocycles. The number of benzene rings is 1. The van der Waals surface area contributed by atoms with Gasteiger partial charge in [-0.25, -0.2) is 8.78 Å². The fourth-order valence-corrected chi connectivity index (χ4v) is 1.55. The van der Waals surface area contributed by atoms with Gasteiger partial charge in [-0.2, -0.15) is 0 Å². The summed E-state index contributed by atoms with van der Waals surface area (Å²) in [4.78, 5) is 4.10. The van der Waals surface area contributed by atoms with Crippen molar-refractivity contribution in [2.45, 2.75) is 13.5 Å². The Hall–Kier alpha value is -1.97. The Labute approximate surface area is 98.3 Å². The van der Waals surface area contributed by atoms with Crippen LogP contribution in [0.3, 0.4) is 0 Å². The average Bonchev–Trinajstić information content (AvgIpc) is 2.33. The summed E-state index contributed by atoms with van der Waals surface area (Å²) in [7, 11) is 0. The van der Waals surface area contributed by atoms with E-state index in [2.05, 4.69) is 10.3 Å². The summed E-state index contributed by atoms with van der Waals surface area (Å²) in [6.45, 7) is 2.08. The standard InChI is InChI=1S/C13H12F2N2/c1-9-12(6-3-7-16-9)17-8-10-4-2-5-11(14)13(10)15/h2-7,17H,8H2,1H3. The van der Waals surface area contributed by atoms with Crippen molar-refractivity contribution in [1.82, 2.24) is 4.98 Å². The second-order valence-electron chi connectivity index (χ2n) is 3.70. The Bertz CT molecular complexity index is 527. The molecule has 1 heterocycles. The first-order valence-corrected chi connectivity index (χ1v) is 5.27. The number of halogens is 2. The van der Waals surface area contributed by atoms with E-state index >= 15 is 0 Å². The molecule has 0 saturated carbocycles. The molecule has 2 aromatic rings. The topological polar surface area (TPSA) is 24.9 Å². The maximum Gasteiger partial charge on any atom is 0.163 e. The molecule has 0 aliphatic rings. The summed E-state index contributed by atoms with van der Waals surface area (Å²) < 4.78 is 26.3. The van der Waals surface area contributed by atoms with Gasteiger partial charge in [0, 0.05) is 18.3 Å². The first kappa shape index (κ1) is 11.5. The lowest BCUT2D eigenvalue weighted by Crippen LogP contribution is -2.04. The Morgan fingerprint density at radius 2 is 2.00 bits per heavy atom. The minimum atomic E-state index is -0.827. The summed E-state index contributed by atoms with van der Waals surface area (Å²) >= 11 is 0. The molecule has 0 saturated heterocycles. The zero-order valence-corrected chi connectivity index (χ0v) is 9.37. The van der Waals surface area contributed by atoms with Gasteiger partial charge in [0.25, 0.3) is 0 Å². The predicted octanol–water partition coefficient (Wildman–Crippen LogP) is 3.28. The van der Waals surface area contributed by atoms with E-state index in [9.17, 15) is 8.78 Å². The maximum absolute atomic E-state index is 13.4. The largest absolute Gasteiger partial charge is 0.379 e. The Balaban J connectivity index is 2.13. The van der Waals surface area contributed by atoms with E-state index < -0.39 is 11.6 Å². The average molecular weight is 234 g/mol. The number of pyridine rings is 1. The lowest BCUT2D eigenvalue weighted by atomic mass is 10.2. The van der Waals surface area contributed by atoms with Crippen LogP contribution in [0.5, 0.6) is 0 Å². The van der Waals surface area contributed by atoms with Gasteiger partial charge in [0.2, 0.25) is 0 Å². The van der Waals surface area contributed by atoms with Crippen molar-refractivity contribution in [2.24, 2.45) is 0 Å². The number of aromatic nitrogens is 1. The molecule has 0 unspecified atom stereocenters. The van der Waals surface area contributed by atoms with Crippen molar-refractivity contribution < 1.29 is 8.78 Å². The molecular formula is C13H12F2N2. The summed E-state index contributed by atoms with van der Waals surface area (Å²) in [5.74, 6) is -1.63. The summed E-state index contributed by atoms with van der Waals surface area (Å²) in [6.07, 6.45) is 1.68. The first-order valence-electron chi connectivity index (χ1n) is 5.27. The molecule has 88 valence electrons. The lowest BCUT2D eigenvalue weighted by Gasteiger charge is -2.09. The van der Waals surface area contributed by atoms with E-state index in [1.165, 1.54) is 6.07 Å². The molecule has 0 bridgehead atoms. The summed E-state index contributed by atoms with van der Waals surface area (Å²) in [5.41, 5.74) is 1.94. The lowest BCUT2D eigenvalue weighted by molar-refractivity contribution is 0.500. The fourth-order valence-electron chi connectivity index (χ4n) is 1.55. The number of hydrogen-bond acceptors (Lipinski definition) is 2. The van der Waals surface area contributed by atoms with E-state index in [0.29, 0.717) is 5.56 Å². The molecular weight excluding hydrogens is 222 g/mol. The van der Waals surface area contributed by atoms with Gasteiger partial charge in [0.15, 0.2) is 11.6 Å². The minimum Gasteiger partial charge on any atom is -0.379 e. The van der Waals surface area contributed by atoms with Crippen molar-refractivity contribution in [3.63, 3.8) is 0 Å². The molecule has 2 nitrogen and oxygen atoms in total. The molecule has 0 atom stereocenters. The van der Waals surface area contributed by atoms with Gasteiger partial charge in [-0.05, 0) is 25.1 Å². The number of hydrogen-bond donors (Lipinski definition) is 1. The number of nitrogens with one attached hydrogen (secondary N) is 1. The van der Waals surface area contributed by atoms with Crippen molar-refractivity contribution in [3.05, 3.63) is 59.4 Å². The number of anilines is 1. The van der Waals surface area contributed by atoms with E-state index in [1.807, 2.05) is 13.0 Å². The molecule has 0 aliphatic carbocycles. The van der Waals surface area contributed by atoms with Crippen LogP contribution in [0.2, 0.25) is 0 Å².